The highest BCUT2D eigenvalue weighted by Gasteiger charge is 2.18. The Kier molecular flexibility index (Phi) is 5.59. The lowest BCUT2D eigenvalue weighted by Crippen LogP contribution is -2.35. The van der Waals surface area contributed by atoms with E-state index in [9.17, 15) is 0 Å². The first-order chi connectivity index (χ1) is 9.74. The van der Waals surface area contributed by atoms with Crippen LogP contribution in [0.15, 0.2) is 6.33 Å². The molecule has 0 saturated carbocycles. The number of aromatic nitrogens is 2. The van der Waals surface area contributed by atoms with Gasteiger partial charge in [-0.25, -0.2) is 9.97 Å². The summed E-state index contributed by atoms with van der Waals surface area (Å²) in [4.78, 5) is 11.2. The molecule has 20 heavy (non-hydrogen) atoms. The maximum Gasteiger partial charge on any atom is 0.134 e. The number of piperidine rings is 1. The standard InChI is InChI=1S/C15H27N5/c1-4-13-14(16-5-2)18-11-19-15(13)17-9-12-7-6-8-20(3)10-12/h11-12H,4-10H2,1-3H3,(H2,16,17,18,19). The summed E-state index contributed by atoms with van der Waals surface area (Å²) < 4.78 is 0. The third kappa shape index (κ3) is 3.82. The number of anilines is 2. The minimum Gasteiger partial charge on any atom is -0.370 e. The molecule has 1 aliphatic heterocycles. The monoisotopic (exact) mass is 277 g/mol. The summed E-state index contributed by atoms with van der Waals surface area (Å²) >= 11 is 0. The lowest BCUT2D eigenvalue weighted by molar-refractivity contribution is 0.217. The molecule has 1 aromatic rings. The number of hydrogen-bond acceptors (Lipinski definition) is 5. The van der Waals surface area contributed by atoms with Crippen LogP contribution in [-0.2, 0) is 6.42 Å². The van der Waals surface area contributed by atoms with Crippen molar-refractivity contribution >= 4 is 11.6 Å². The molecule has 5 nitrogen and oxygen atoms in total. The molecule has 1 unspecified atom stereocenters. The van der Waals surface area contributed by atoms with Crippen molar-refractivity contribution in [2.24, 2.45) is 5.92 Å². The molecule has 1 aromatic heterocycles. The summed E-state index contributed by atoms with van der Waals surface area (Å²) in [6.45, 7) is 8.54. The fourth-order valence-corrected chi connectivity index (χ4v) is 2.90. The van der Waals surface area contributed by atoms with E-state index in [0.29, 0.717) is 0 Å². The van der Waals surface area contributed by atoms with E-state index < -0.39 is 0 Å². The maximum absolute atomic E-state index is 4.42. The molecule has 1 aliphatic rings. The first-order valence-corrected chi connectivity index (χ1v) is 7.74. The molecule has 5 heteroatoms. The van der Waals surface area contributed by atoms with E-state index in [0.717, 1.165) is 37.1 Å². The first-order valence-electron chi connectivity index (χ1n) is 7.74. The van der Waals surface area contributed by atoms with Crippen molar-refractivity contribution < 1.29 is 0 Å². The normalized spacial score (nSPS) is 19.9. The summed E-state index contributed by atoms with van der Waals surface area (Å²) in [6.07, 6.45) is 5.20. The molecule has 112 valence electrons. The molecule has 0 aromatic carbocycles. The molecule has 0 amide bonds. The highest BCUT2D eigenvalue weighted by atomic mass is 15.1. The average Bonchev–Trinajstić information content (AvgIpc) is 2.45. The van der Waals surface area contributed by atoms with Crippen molar-refractivity contribution in [3.05, 3.63) is 11.9 Å². The van der Waals surface area contributed by atoms with Crippen LogP contribution in [0, 0.1) is 5.92 Å². The van der Waals surface area contributed by atoms with Gasteiger partial charge in [-0.2, -0.15) is 0 Å². The van der Waals surface area contributed by atoms with Crippen LogP contribution < -0.4 is 10.6 Å². The molecular formula is C15H27N5. The predicted octanol–water partition coefficient (Wildman–Crippen LogP) is 2.22. The van der Waals surface area contributed by atoms with Crippen LogP contribution in [0.2, 0.25) is 0 Å². The summed E-state index contributed by atoms with van der Waals surface area (Å²) in [5.41, 5.74) is 1.19. The molecule has 1 atom stereocenters. The second-order valence-electron chi connectivity index (χ2n) is 5.58. The summed E-state index contributed by atoms with van der Waals surface area (Å²) in [6, 6.07) is 0. The molecule has 2 N–H and O–H groups in total. The van der Waals surface area contributed by atoms with E-state index in [1.54, 1.807) is 6.33 Å². The van der Waals surface area contributed by atoms with Crippen molar-refractivity contribution in [1.82, 2.24) is 14.9 Å². The highest BCUT2D eigenvalue weighted by molar-refractivity contribution is 5.57. The topological polar surface area (TPSA) is 53.1 Å². The van der Waals surface area contributed by atoms with Crippen LogP contribution >= 0.6 is 0 Å². The van der Waals surface area contributed by atoms with Gasteiger partial charge in [-0.05, 0) is 45.7 Å². The Morgan fingerprint density at radius 2 is 2.00 bits per heavy atom. The molecule has 0 aliphatic carbocycles. The highest BCUT2D eigenvalue weighted by Crippen LogP contribution is 2.22. The molecule has 1 fully saturated rings. The minimum atomic E-state index is 0.719. The Morgan fingerprint density at radius 3 is 2.65 bits per heavy atom. The molecule has 2 heterocycles. The fourth-order valence-electron chi connectivity index (χ4n) is 2.90. The van der Waals surface area contributed by atoms with Gasteiger partial charge in [0, 0.05) is 25.2 Å². The average molecular weight is 277 g/mol. The van der Waals surface area contributed by atoms with Crippen LogP contribution in [-0.4, -0.2) is 48.1 Å². The van der Waals surface area contributed by atoms with E-state index >= 15 is 0 Å². The Morgan fingerprint density at radius 1 is 1.25 bits per heavy atom. The fraction of sp³-hybridized carbons (Fsp3) is 0.733. The Balaban J connectivity index is 1.99. The van der Waals surface area contributed by atoms with E-state index in [2.05, 4.69) is 46.4 Å². The Labute approximate surface area is 122 Å². The number of likely N-dealkylation sites (tertiary alicyclic amines) is 1. The van der Waals surface area contributed by atoms with Gasteiger partial charge < -0.3 is 15.5 Å². The van der Waals surface area contributed by atoms with Gasteiger partial charge in [-0.15, -0.1) is 0 Å². The first kappa shape index (κ1) is 15.0. The smallest absolute Gasteiger partial charge is 0.134 e. The van der Waals surface area contributed by atoms with E-state index in [-0.39, 0.29) is 0 Å². The van der Waals surface area contributed by atoms with Crippen LogP contribution in [0.4, 0.5) is 11.6 Å². The van der Waals surface area contributed by atoms with E-state index in [1.165, 1.54) is 31.5 Å². The molecule has 2 rings (SSSR count). The van der Waals surface area contributed by atoms with Crippen molar-refractivity contribution in [3.8, 4) is 0 Å². The van der Waals surface area contributed by atoms with Gasteiger partial charge in [0.15, 0.2) is 0 Å². The van der Waals surface area contributed by atoms with Gasteiger partial charge in [0.1, 0.15) is 18.0 Å². The largest absolute Gasteiger partial charge is 0.370 e. The maximum atomic E-state index is 4.42. The zero-order chi connectivity index (χ0) is 14.4. The lowest BCUT2D eigenvalue weighted by atomic mass is 9.98. The lowest BCUT2D eigenvalue weighted by Gasteiger charge is -2.30. The molecule has 0 radical (unpaired) electrons. The van der Waals surface area contributed by atoms with Crippen molar-refractivity contribution in [3.63, 3.8) is 0 Å². The Bertz CT molecular complexity index is 421. The van der Waals surface area contributed by atoms with Crippen molar-refractivity contribution in [2.75, 3.05) is 43.9 Å². The minimum absolute atomic E-state index is 0.719. The SMILES string of the molecule is CCNc1ncnc(NCC2CCCN(C)C2)c1CC. The summed E-state index contributed by atoms with van der Waals surface area (Å²) in [5, 5.41) is 6.85. The van der Waals surface area contributed by atoms with Gasteiger partial charge >= 0.3 is 0 Å². The van der Waals surface area contributed by atoms with Gasteiger partial charge in [0.05, 0.1) is 0 Å². The van der Waals surface area contributed by atoms with Gasteiger partial charge in [-0.1, -0.05) is 6.92 Å². The third-order valence-corrected chi connectivity index (χ3v) is 3.92. The summed E-state index contributed by atoms with van der Waals surface area (Å²) in [5.74, 6) is 2.68. The van der Waals surface area contributed by atoms with Gasteiger partial charge in [0.25, 0.3) is 0 Å². The van der Waals surface area contributed by atoms with Crippen LogP contribution in [0.5, 0.6) is 0 Å². The zero-order valence-electron chi connectivity index (χ0n) is 12.9. The van der Waals surface area contributed by atoms with Crippen molar-refractivity contribution in [2.45, 2.75) is 33.1 Å². The molecule has 0 spiro atoms. The van der Waals surface area contributed by atoms with E-state index in [4.69, 9.17) is 0 Å². The number of hydrogen-bond donors (Lipinski definition) is 2. The zero-order valence-corrected chi connectivity index (χ0v) is 12.9. The quantitative estimate of drug-likeness (QED) is 0.835. The van der Waals surface area contributed by atoms with Crippen LogP contribution in [0.1, 0.15) is 32.3 Å². The van der Waals surface area contributed by atoms with Gasteiger partial charge in [0.2, 0.25) is 0 Å². The molecule has 0 bridgehead atoms. The van der Waals surface area contributed by atoms with Gasteiger partial charge in [-0.3, -0.25) is 0 Å². The number of nitrogens with zero attached hydrogens (tertiary/aromatic N) is 3. The second kappa shape index (κ2) is 7.43. The third-order valence-electron chi connectivity index (χ3n) is 3.92. The second-order valence-corrected chi connectivity index (χ2v) is 5.58. The number of nitrogens with one attached hydrogen (secondary N) is 2. The van der Waals surface area contributed by atoms with Crippen LogP contribution in [0.3, 0.4) is 0 Å². The predicted molar refractivity (Wildman–Crippen MR) is 84.3 cm³/mol. The van der Waals surface area contributed by atoms with Crippen molar-refractivity contribution in [1.29, 1.82) is 0 Å². The van der Waals surface area contributed by atoms with E-state index in [1.807, 2.05) is 0 Å². The molecule has 1 saturated heterocycles. The Hall–Kier alpha value is -1.36. The van der Waals surface area contributed by atoms with Crippen LogP contribution in [0.25, 0.3) is 0 Å². The number of rotatable bonds is 6. The summed E-state index contributed by atoms with van der Waals surface area (Å²) in [7, 11) is 2.21. The molecular weight excluding hydrogens is 250 g/mol.